The zero-order valence-electron chi connectivity index (χ0n) is 16.2. The van der Waals surface area contributed by atoms with Gasteiger partial charge in [0, 0.05) is 14.1 Å². The summed E-state index contributed by atoms with van der Waals surface area (Å²) in [5, 5.41) is 13.2. The molecule has 0 aliphatic rings. The Morgan fingerprint density at radius 1 is 1.29 bits per heavy atom. The van der Waals surface area contributed by atoms with Crippen LogP contribution in [0.25, 0.3) is 0 Å². The average Bonchev–Trinajstić information content (AvgIpc) is 3.11. The molecule has 3 aromatic rings. The predicted octanol–water partition coefficient (Wildman–Crippen LogP) is 3.90. The van der Waals surface area contributed by atoms with E-state index >= 15 is 0 Å². The highest BCUT2D eigenvalue weighted by molar-refractivity contribution is 7.80. The molecule has 0 bridgehead atoms. The van der Waals surface area contributed by atoms with Gasteiger partial charge >= 0.3 is 0 Å². The van der Waals surface area contributed by atoms with Crippen LogP contribution in [0, 0.1) is 19.7 Å². The van der Waals surface area contributed by atoms with E-state index in [1.54, 1.807) is 23.0 Å². The second kappa shape index (κ2) is 8.28. The Labute approximate surface area is 173 Å². The Morgan fingerprint density at radius 3 is 2.57 bits per heavy atom. The molecule has 6 nitrogen and oxygen atoms in total. The molecule has 0 saturated heterocycles. The summed E-state index contributed by atoms with van der Waals surface area (Å²) in [4.78, 5) is 1.90. The van der Waals surface area contributed by atoms with Gasteiger partial charge in [0.1, 0.15) is 5.82 Å². The van der Waals surface area contributed by atoms with Gasteiger partial charge in [-0.05, 0) is 43.8 Å². The van der Waals surface area contributed by atoms with E-state index in [2.05, 4.69) is 15.5 Å². The monoisotopic (exact) mass is 420 g/mol. The van der Waals surface area contributed by atoms with E-state index in [1.807, 2.05) is 37.5 Å². The number of aromatic nitrogens is 4. The summed E-state index contributed by atoms with van der Waals surface area (Å²) < 4.78 is 16.7. The SMILES string of the molecule is Cc1nn(Cc2ccc(F)cc2)c(C)c1NC(=S)N(C)Cc1c(Cl)cnn1C. The number of rotatable bonds is 5. The molecule has 0 unspecified atom stereocenters. The molecular formula is C19H22ClFN6S. The van der Waals surface area contributed by atoms with Crippen molar-refractivity contribution in [1.82, 2.24) is 24.5 Å². The Morgan fingerprint density at radius 2 is 1.96 bits per heavy atom. The Bertz CT molecular complexity index is 975. The Kier molecular flexibility index (Phi) is 6.00. The van der Waals surface area contributed by atoms with Crippen molar-refractivity contribution in [2.24, 2.45) is 7.05 Å². The molecule has 0 atom stereocenters. The maximum Gasteiger partial charge on any atom is 0.173 e. The van der Waals surface area contributed by atoms with Crippen molar-refractivity contribution in [2.75, 3.05) is 12.4 Å². The fraction of sp³-hybridized carbons (Fsp3) is 0.316. The molecule has 0 radical (unpaired) electrons. The van der Waals surface area contributed by atoms with Crippen LogP contribution in [0.3, 0.4) is 0 Å². The second-order valence-corrected chi connectivity index (χ2v) is 7.47. The normalized spacial score (nSPS) is 10.9. The number of hydrogen-bond donors (Lipinski definition) is 1. The molecule has 2 heterocycles. The van der Waals surface area contributed by atoms with Crippen LogP contribution in [0.2, 0.25) is 5.02 Å². The van der Waals surface area contributed by atoms with Crippen molar-refractivity contribution < 1.29 is 4.39 Å². The van der Waals surface area contributed by atoms with Crippen molar-refractivity contribution in [3.63, 3.8) is 0 Å². The summed E-state index contributed by atoms with van der Waals surface area (Å²) in [6.07, 6.45) is 1.62. The van der Waals surface area contributed by atoms with Crippen LogP contribution in [0.15, 0.2) is 30.5 Å². The van der Waals surface area contributed by atoms with Crippen molar-refractivity contribution in [3.05, 3.63) is 63.9 Å². The van der Waals surface area contributed by atoms with Crippen LogP contribution in [0.5, 0.6) is 0 Å². The van der Waals surface area contributed by atoms with E-state index < -0.39 is 0 Å². The lowest BCUT2D eigenvalue weighted by Gasteiger charge is -2.21. The molecular weight excluding hydrogens is 399 g/mol. The summed E-state index contributed by atoms with van der Waals surface area (Å²) in [7, 11) is 3.74. The molecule has 0 spiro atoms. The molecule has 9 heteroatoms. The fourth-order valence-corrected chi connectivity index (χ4v) is 3.30. The molecule has 0 saturated carbocycles. The Hall–Kier alpha value is -2.45. The molecule has 0 amide bonds. The van der Waals surface area contributed by atoms with Crippen LogP contribution < -0.4 is 5.32 Å². The highest BCUT2D eigenvalue weighted by atomic mass is 35.5. The molecule has 28 heavy (non-hydrogen) atoms. The van der Waals surface area contributed by atoms with Crippen LogP contribution >= 0.6 is 23.8 Å². The second-order valence-electron chi connectivity index (χ2n) is 6.68. The average molecular weight is 421 g/mol. The summed E-state index contributed by atoms with van der Waals surface area (Å²) in [5.74, 6) is -0.249. The first-order chi connectivity index (χ1) is 13.3. The van der Waals surface area contributed by atoms with Crippen molar-refractivity contribution in [1.29, 1.82) is 0 Å². The number of halogens is 2. The third-order valence-electron chi connectivity index (χ3n) is 4.60. The minimum atomic E-state index is -0.249. The van der Waals surface area contributed by atoms with Gasteiger partial charge in [-0.2, -0.15) is 10.2 Å². The lowest BCUT2D eigenvalue weighted by atomic mass is 10.2. The third-order valence-corrected chi connectivity index (χ3v) is 5.33. The predicted molar refractivity (Wildman–Crippen MR) is 113 cm³/mol. The summed E-state index contributed by atoms with van der Waals surface area (Å²) in [6, 6.07) is 6.42. The van der Waals surface area contributed by atoms with Gasteiger partial charge in [-0.25, -0.2) is 4.39 Å². The van der Waals surface area contributed by atoms with Gasteiger partial charge in [0.25, 0.3) is 0 Å². The number of nitrogens with zero attached hydrogens (tertiary/aromatic N) is 5. The number of hydrogen-bond acceptors (Lipinski definition) is 3. The van der Waals surface area contributed by atoms with Crippen LogP contribution in [0.4, 0.5) is 10.1 Å². The number of anilines is 1. The number of benzene rings is 1. The molecule has 3 rings (SSSR count). The van der Waals surface area contributed by atoms with Crippen molar-refractivity contribution in [2.45, 2.75) is 26.9 Å². The van der Waals surface area contributed by atoms with Gasteiger partial charge in [-0.3, -0.25) is 9.36 Å². The summed E-state index contributed by atoms with van der Waals surface area (Å²) in [6.45, 7) is 4.99. The standard InChI is InChI=1S/C19H22ClFN6S/c1-12-18(13(2)27(24-12)10-14-5-7-15(21)8-6-14)23-19(28)25(3)11-17-16(20)9-22-26(17)4/h5-9H,10-11H2,1-4H3,(H,23,28). The lowest BCUT2D eigenvalue weighted by Crippen LogP contribution is -2.31. The third kappa shape index (κ3) is 4.34. The van der Waals surface area contributed by atoms with E-state index in [1.165, 1.54) is 12.1 Å². The van der Waals surface area contributed by atoms with E-state index in [0.717, 1.165) is 28.3 Å². The zero-order chi connectivity index (χ0) is 20.4. The molecule has 2 aromatic heterocycles. The number of thiocarbonyl (C=S) groups is 1. The number of aryl methyl sites for hydroxylation is 2. The first kappa shape index (κ1) is 20.3. The molecule has 1 N–H and O–H groups in total. The molecule has 0 aliphatic heterocycles. The highest BCUT2D eigenvalue weighted by Crippen LogP contribution is 2.22. The smallest absolute Gasteiger partial charge is 0.173 e. The van der Waals surface area contributed by atoms with E-state index in [4.69, 9.17) is 23.8 Å². The first-order valence-electron chi connectivity index (χ1n) is 8.73. The van der Waals surface area contributed by atoms with Crippen LogP contribution in [0.1, 0.15) is 22.6 Å². The van der Waals surface area contributed by atoms with Gasteiger partial charge in [-0.1, -0.05) is 23.7 Å². The summed E-state index contributed by atoms with van der Waals surface area (Å²) >= 11 is 11.7. The van der Waals surface area contributed by atoms with E-state index in [0.29, 0.717) is 23.2 Å². The zero-order valence-corrected chi connectivity index (χ0v) is 17.8. The van der Waals surface area contributed by atoms with Crippen molar-refractivity contribution >= 4 is 34.6 Å². The minimum Gasteiger partial charge on any atom is -0.346 e. The quantitative estimate of drug-likeness (QED) is 0.634. The molecule has 1 aromatic carbocycles. The Balaban J connectivity index is 1.72. The maximum absolute atomic E-state index is 13.1. The highest BCUT2D eigenvalue weighted by Gasteiger charge is 2.16. The summed E-state index contributed by atoms with van der Waals surface area (Å²) in [5.41, 5.74) is 4.53. The van der Waals surface area contributed by atoms with Gasteiger partial charge < -0.3 is 10.2 Å². The van der Waals surface area contributed by atoms with E-state index in [-0.39, 0.29) is 5.82 Å². The van der Waals surface area contributed by atoms with Gasteiger partial charge in [0.05, 0.1) is 47.1 Å². The molecule has 0 fully saturated rings. The van der Waals surface area contributed by atoms with Crippen LogP contribution in [-0.4, -0.2) is 36.6 Å². The van der Waals surface area contributed by atoms with E-state index in [9.17, 15) is 4.39 Å². The van der Waals surface area contributed by atoms with Gasteiger partial charge in [0.15, 0.2) is 5.11 Å². The topological polar surface area (TPSA) is 50.9 Å². The molecule has 148 valence electrons. The number of nitrogens with one attached hydrogen (secondary N) is 1. The van der Waals surface area contributed by atoms with Gasteiger partial charge in [0.2, 0.25) is 0 Å². The van der Waals surface area contributed by atoms with Crippen LogP contribution in [-0.2, 0) is 20.1 Å². The first-order valence-corrected chi connectivity index (χ1v) is 9.51. The largest absolute Gasteiger partial charge is 0.346 e. The van der Waals surface area contributed by atoms with Crippen molar-refractivity contribution in [3.8, 4) is 0 Å². The lowest BCUT2D eigenvalue weighted by molar-refractivity contribution is 0.482. The maximum atomic E-state index is 13.1. The fourth-order valence-electron chi connectivity index (χ4n) is 2.91. The van der Waals surface area contributed by atoms with Gasteiger partial charge in [-0.15, -0.1) is 0 Å². The molecule has 0 aliphatic carbocycles. The minimum absolute atomic E-state index is 0.249.